The highest BCUT2D eigenvalue weighted by Crippen LogP contribution is 2.26. The molecule has 0 radical (unpaired) electrons. The first-order valence-corrected chi connectivity index (χ1v) is 10.5. The molecular formula is C19H22N6O4S. The fraction of sp³-hybridized carbons (Fsp3) is 0.263. The van der Waals surface area contributed by atoms with Crippen molar-refractivity contribution < 1.29 is 17.7 Å². The number of anilines is 4. The minimum atomic E-state index is -3.88. The smallest absolute Gasteiger partial charge is 0.264 e. The van der Waals surface area contributed by atoms with Gasteiger partial charge in [0.15, 0.2) is 5.82 Å². The summed E-state index contributed by atoms with van der Waals surface area (Å²) in [5, 5.41) is 10.0. The summed E-state index contributed by atoms with van der Waals surface area (Å²) in [5.41, 5.74) is 0.413. The first-order valence-electron chi connectivity index (χ1n) is 9.01. The molecule has 0 aliphatic rings. The van der Waals surface area contributed by atoms with Gasteiger partial charge in [-0.2, -0.15) is 4.98 Å². The standard InChI is InChI=1S/C19H22N6O4S/c1-12(26)25-30(27,28)14-7-5-13(6-8-14)21-18-20-10-9-16(23-18)22-17-11-15(29-24-17)19(2,3)4/h5-11H,1-4H3,(H,25,26)(H2,20,21,22,23,24). The van der Waals surface area contributed by atoms with Crippen molar-refractivity contribution in [3.8, 4) is 0 Å². The van der Waals surface area contributed by atoms with E-state index in [1.165, 1.54) is 12.1 Å². The summed E-state index contributed by atoms with van der Waals surface area (Å²) in [6, 6.07) is 9.33. The van der Waals surface area contributed by atoms with Crippen LogP contribution in [0.4, 0.5) is 23.3 Å². The maximum atomic E-state index is 12.0. The fourth-order valence-corrected chi connectivity index (χ4v) is 3.39. The molecule has 2 heterocycles. The van der Waals surface area contributed by atoms with Gasteiger partial charge in [0.1, 0.15) is 11.6 Å². The molecule has 0 aliphatic heterocycles. The molecule has 0 spiro atoms. The molecule has 10 nitrogen and oxygen atoms in total. The summed E-state index contributed by atoms with van der Waals surface area (Å²) in [6.07, 6.45) is 1.57. The lowest BCUT2D eigenvalue weighted by molar-refractivity contribution is -0.117. The van der Waals surface area contributed by atoms with Crippen molar-refractivity contribution in [1.82, 2.24) is 19.8 Å². The Labute approximate surface area is 174 Å². The van der Waals surface area contributed by atoms with Crippen LogP contribution in [0.2, 0.25) is 0 Å². The van der Waals surface area contributed by atoms with Crippen LogP contribution in [0.5, 0.6) is 0 Å². The molecule has 3 rings (SSSR count). The number of nitrogens with zero attached hydrogens (tertiary/aromatic N) is 3. The quantitative estimate of drug-likeness (QED) is 0.538. The molecule has 0 fully saturated rings. The molecule has 3 N–H and O–H groups in total. The summed E-state index contributed by atoms with van der Waals surface area (Å²) in [6.45, 7) is 7.21. The van der Waals surface area contributed by atoms with Gasteiger partial charge in [0.05, 0.1) is 4.90 Å². The molecule has 2 aromatic heterocycles. The second-order valence-electron chi connectivity index (χ2n) is 7.53. The molecule has 0 bridgehead atoms. The van der Waals surface area contributed by atoms with Crippen LogP contribution in [0.25, 0.3) is 0 Å². The third-order valence-electron chi connectivity index (χ3n) is 3.86. The SMILES string of the molecule is CC(=O)NS(=O)(=O)c1ccc(Nc2nccc(Nc3cc(C(C)(C)C)on3)n2)cc1. The Morgan fingerprint density at radius 2 is 1.73 bits per heavy atom. The molecule has 0 atom stereocenters. The zero-order valence-corrected chi connectivity index (χ0v) is 17.7. The van der Waals surface area contributed by atoms with Crippen LogP contribution in [0.15, 0.2) is 52.0 Å². The first kappa shape index (κ1) is 21.2. The number of amides is 1. The van der Waals surface area contributed by atoms with Crippen LogP contribution in [-0.4, -0.2) is 29.4 Å². The molecular weight excluding hydrogens is 408 g/mol. The molecule has 0 saturated carbocycles. The Kier molecular flexibility index (Phi) is 5.74. The fourth-order valence-electron chi connectivity index (χ4n) is 2.40. The van der Waals surface area contributed by atoms with Gasteiger partial charge in [-0.25, -0.2) is 18.1 Å². The highest BCUT2D eigenvalue weighted by molar-refractivity contribution is 7.90. The lowest BCUT2D eigenvalue weighted by Crippen LogP contribution is -2.28. The van der Waals surface area contributed by atoms with Gasteiger partial charge >= 0.3 is 0 Å². The second-order valence-corrected chi connectivity index (χ2v) is 9.21. The van der Waals surface area contributed by atoms with E-state index in [2.05, 4.69) is 25.8 Å². The Balaban J connectivity index is 1.71. The highest BCUT2D eigenvalue weighted by Gasteiger charge is 2.20. The Bertz CT molecular complexity index is 1150. The lowest BCUT2D eigenvalue weighted by atomic mass is 9.93. The van der Waals surface area contributed by atoms with E-state index < -0.39 is 15.9 Å². The van der Waals surface area contributed by atoms with Gasteiger partial charge in [-0.3, -0.25) is 4.79 Å². The lowest BCUT2D eigenvalue weighted by Gasteiger charge is -2.12. The second kappa shape index (κ2) is 8.11. The van der Waals surface area contributed by atoms with Crippen LogP contribution in [0, 0.1) is 0 Å². The summed E-state index contributed by atoms with van der Waals surface area (Å²) in [5.74, 6) is 1.42. The van der Waals surface area contributed by atoms with Crippen LogP contribution in [-0.2, 0) is 20.2 Å². The maximum Gasteiger partial charge on any atom is 0.264 e. The van der Waals surface area contributed by atoms with Crippen LogP contribution < -0.4 is 15.4 Å². The summed E-state index contributed by atoms with van der Waals surface area (Å²) >= 11 is 0. The van der Waals surface area contributed by atoms with E-state index in [-0.39, 0.29) is 10.3 Å². The molecule has 0 unspecified atom stereocenters. The third-order valence-corrected chi connectivity index (χ3v) is 5.31. The number of carbonyl (C=O) groups excluding carboxylic acids is 1. The average molecular weight is 430 g/mol. The summed E-state index contributed by atoms with van der Waals surface area (Å²) < 4.78 is 31.2. The summed E-state index contributed by atoms with van der Waals surface area (Å²) in [4.78, 5) is 19.5. The Hall–Kier alpha value is -3.47. The van der Waals surface area contributed by atoms with Crippen molar-refractivity contribution in [2.24, 2.45) is 0 Å². The molecule has 158 valence electrons. The van der Waals surface area contributed by atoms with E-state index in [0.29, 0.717) is 23.3 Å². The number of rotatable bonds is 6. The van der Waals surface area contributed by atoms with E-state index in [4.69, 9.17) is 4.52 Å². The predicted octanol–water partition coefficient (Wildman–Crippen LogP) is 3.07. The van der Waals surface area contributed by atoms with Crippen molar-refractivity contribution in [1.29, 1.82) is 0 Å². The van der Waals surface area contributed by atoms with Gasteiger partial charge in [-0.05, 0) is 30.3 Å². The normalized spacial score (nSPS) is 11.7. The average Bonchev–Trinajstić information content (AvgIpc) is 3.10. The topological polar surface area (TPSA) is 139 Å². The molecule has 0 aliphatic carbocycles. The molecule has 1 amide bonds. The van der Waals surface area contributed by atoms with Crippen molar-refractivity contribution in [2.75, 3.05) is 10.6 Å². The number of benzene rings is 1. The van der Waals surface area contributed by atoms with E-state index in [1.54, 1.807) is 24.4 Å². The maximum absolute atomic E-state index is 12.0. The van der Waals surface area contributed by atoms with Gasteiger partial charge in [0.2, 0.25) is 11.9 Å². The zero-order valence-electron chi connectivity index (χ0n) is 16.9. The number of hydrogen-bond donors (Lipinski definition) is 3. The first-order chi connectivity index (χ1) is 14.0. The Morgan fingerprint density at radius 3 is 2.33 bits per heavy atom. The number of sulfonamides is 1. The highest BCUT2D eigenvalue weighted by atomic mass is 32.2. The monoisotopic (exact) mass is 430 g/mol. The van der Waals surface area contributed by atoms with Crippen molar-refractivity contribution >= 4 is 39.2 Å². The Morgan fingerprint density at radius 1 is 1.03 bits per heavy atom. The van der Waals surface area contributed by atoms with Gasteiger partial charge in [0.25, 0.3) is 10.0 Å². The van der Waals surface area contributed by atoms with Crippen LogP contribution in [0.3, 0.4) is 0 Å². The molecule has 3 aromatic rings. The van der Waals surface area contributed by atoms with E-state index >= 15 is 0 Å². The molecule has 30 heavy (non-hydrogen) atoms. The minimum Gasteiger partial charge on any atom is -0.359 e. The van der Waals surface area contributed by atoms with Gasteiger partial charge in [-0.1, -0.05) is 25.9 Å². The van der Waals surface area contributed by atoms with Gasteiger partial charge in [-0.15, -0.1) is 0 Å². The van der Waals surface area contributed by atoms with Crippen LogP contribution >= 0.6 is 0 Å². The number of hydrogen-bond acceptors (Lipinski definition) is 9. The van der Waals surface area contributed by atoms with Crippen molar-refractivity contribution in [2.45, 2.75) is 38.0 Å². The largest absolute Gasteiger partial charge is 0.359 e. The predicted molar refractivity (Wildman–Crippen MR) is 111 cm³/mol. The van der Waals surface area contributed by atoms with E-state index in [1.807, 2.05) is 31.6 Å². The van der Waals surface area contributed by atoms with Gasteiger partial charge < -0.3 is 15.2 Å². The number of nitrogens with one attached hydrogen (secondary N) is 3. The van der Waals surface area contributed by atoms with Crippen molar-refractivity contribution in [3.05, 3.63) is 48.4 Å². The molecule has 11 heteroatoms. The third kappa shape index (κ3) is 5.32. The van der Waals surface area contributed by atoms with E-state index in [0.717, 1.165) is 12.7 Å². The number of carbonyl (C=O) groups is 1. The number of aromatic nitrogens is 3. The van der Waals surface area contributed by atoms with Crippen molar-refractivity contribution in [3.63, 3.8) is 0 Å². The van der Waals surface area contributed by atoms with Crippen LogP contribution in [0.1, 0.15) is 33.5 Å². The molecule has 0 saturated heterocycles. The summed E-state index contributed by atoms with van der Waals surface area (Å²) in [7, 11) is -3.88. The molecule has 1 aromatic carbocycles. The minimum absolute atomic E-state index is 0.0275. The van der Waals surface area contributed by atoms with Gasteiger partial charge in [0, 0.05) is 30.3 Å². The zero-order chi connectivity index (χ0) is 21.9. The van der Waals surface area contributed by atoms with E-state index in [9.17, 15) is 13.2 Å².